The first kappa shape index (κ1) is 15.0. The minimum absolute atomic E-state index is 0.0574. The van der Waals surface area contributed by atoms with Crippen LogP contribution in [0.15, 0.2) is 18.2 Å². The zero-order valence-corrected chi connectivity index (χ0v) is 13.7. The third-order valence-electron chi connectivity index (χ3n) is 4.27. The van der Waals surface area contributed by atoms with Crippen LogP contribution in [-0.4, -0.2) is 36.8 Å². The maximum absolute atomic E-state index is 12.3. The van der Waals surface area contributed by atoms with Crippen LogP contribution in [0.3, 0.4) is 0 Å². The van der Waals surface area contributed by atoms with Gasteiger partial charge in [0.05, 0.1) is 11.3 Å². The Balaban J connectivity index is 1.94. The molecule has 1 aromatic rings. The molecular formula is C15H15BrClNO3. The number of carbonyl (C=O) groups is 2. The molecule has 0 saturated carbocycles. The number of carbonyl (C=O) groups excluding carboxylic acids is 2. The van der Waals surface area contributed by atoms with Crippen LogP contribution in [0.4, 0.5) is 5.69 Å². The number of ether oxygens (including phenoxy) is 1. The van der Waals surface area contributed by atoms with Crippen molar-refractivity contribution in [1.82, 2.24) is 0 Å². The minimum atomic E-state index is -0.459. The second-order valence-electron chi connectivity index (χ2n) is 5.63. The number of anilines is 1. The molecule has 0 aliphatic carbocycles. The Kier molecular flexibility index (Phi) is 4.08. The predicted octanol–water partition coefficient (Wildman–Crippen LogP) is 3.06. The Hall–Kier alpha value is -0.910. The topological polar surface area (TPSA) is 46.6 Å². The average molecular weight is 373 g/mol. The zero-order chi connectivity index (χ0) is 15.0. The predicted molar refractivity (Wildman–Crippen MR) is 84.4 cm³/mol. The van der Waals surface area contributed by atoms with Gasteiger partial charge in [-0.15, -0.1) is 0 Å². The van der Waals surface area contributed by atoms with E-state index in [0.29, 0.717) is 36.0 Å². The molecule has 1 amide bonds. The lowest BCUT2D eigenvalue weighted by Crippen LogP contribution is -2.44. The third kappa shape index (κ3) is 2.62. The number of hydrogen-bond donors (Lipinski definition) is 0. The molecule has 0 aromatic heterocycles. The van der Waals surface area contributed by atoms with Crippen molar-refractivity contribution in [3.63, 3.8) is 0 Å². The number of hydrogen-bond acceptors (Lipinski definition) is 3. The molecule has 0 bridgehead atoms. The highest BCUT2D eigenvalue weighted by molar-refractivity contribution is 9.09. The Labute approximate surface area is 136 Å². The first-order valence-corrected chi connectivity index (χ1v) is 8.36. The molecule has 0 radical (unpaired) electrons. The SMILES string of the molecule is O=C1C(=O)N(CC2(CBr)CCOCC2)c2cc(Cl)ccc21. The van der Waals surface area contributed by atoms with Crippen LogP contribution < -0.4 is 4.90 Å². The summed E-state index contributed by atoms with van der Waals surface area (Å²) in [7, 11) is 0. The molecule has 3 rings (SSSR count). The number of Topliss-reactive ketones (excluding diaryl/α,β-unsaturated/α-hetero) is 1. The van der Waals surface area contributed by atoms with Gasteiger partial charge >= 0.3 is 0 Å². The van der Waals surface area contributed by atoms with E-state index in [1.807, 2.05) is 0 Å². The van der Waals surface area contributed by atoms with E-state index < -0.39 is 11.7 Å². The number of amides is 1. The number of alkyl halides is 1. The fraction of sp³-hybridized carbons (Fsp3) is 0.467. The third-order valence-corrected chi connectivity index (χ3v) is 5.69. The highest BCUT2D eigenvalue weighted by atomic mass is 79.9. The van der Waals surface area contributed by atoms with Crippen molar-refractivity contribution in [3.05, 3.63) is 28.8 Å². The maximum Gasteiger partial charge on any atom is 0.299 e. The number of rotatable bonds is 3. The molecule has 0 atom stereocenters. The van der Waals surface area contributed by atoms with Gasteiger partial charge in [-0.3, -0.25) is 9.59 Å². The second kappa shape index (κ2) is 5.71. The van der Waals surface area contributed by atoms with Gasteiger partial charge in [-0.25, -0.2) is 0 Å². The standard InChI is InChI=1S/C15H15BrClNO3/c16-8-15(3-5-21-6-4-15)9-18-12-7-10(17)1-2-11(12)13(19)14(18)20/h1-2,7H,3-6,8-9H2. The Morgan fingerprint density at radius 2 is 2.00 bits per heavy atom. The van der Waals surface area contributed by atoms with Crippen LogP contribution in [0, 0.1) is 5.41 Å². The van der Waals surface area contributed by atoms with E-state index in [1.165, 1.54) is 0 Å². The van der Waals surface area contributed by atoms with Crippen molar-refractivity contribution >= 4 is 44.9 Å². The first-order chi connectivity index (χ1) is 10.1. The van der Waals surface area contributed by atoms with E-state index in [4.69, 9.17) is 16.3 Å². The van der Waals surface area contributed by atoms with Gasteiger partial charge < -0.3 is 9.64 Å². The summed E-state index contributed by atoms with van der Waals surface area (Å²) < 4.78 is 5.42. The normalized spacial score (nSPS) is 20.8. The molecule has 0 unspecified atom stereocenters. The van der Waals surface area contributed by atoms with Crippen LogP contribution in [0.1, 0.15) is 23.2 Å². The lowest BCUT2D eigenvalue weighted by Gasteiger charge is -2.38. The van der Waals surface area contributed by atoms with Gasteiger partial charge in [-0.1, -0.05) is 27.5 Å². The van der Waals surface area contributed by atoms with Crippen molar-refractivity contribution in [2.45, 2.75) is 12.8 Å². The average Bonchev–Trinajstić information content (AvgIpc) is 2.73. The van der Waals surface area contributed by atoms with E-state index in [1.54, 1.807) is 23.1 Å². The highest BCUT2D eigenvalue weighted by Crippen LogP contribution is 2.38. The quantitative estimate of drug-likeness (QED) is 0.605. The van der Waals surface area contributed by atoms with Crippen LogP contribution in [-0.2, 0) is 9.53 Å². The van der Waals surface area contributed by atoms with Crippen molar-refractivity contribution < 1.29 is 14.3 Å². The molecule has 21 heavy (non-hydrogen) atoms. The molecule has 1 fully saturated rings. The van der Waals surface area contributed by atoms with Crippen LogP contribution in [0.5, 0.6) is 0 Å². The van der Waals surface area contributed by atoms with Crippen LogP contribution in [0.2, 0.25) is 5.02 Å². The van der Waals surface area contributed by atoms with Crippen molar-refractivity contribution in [3.8, 4) is 0 Å². The van der Waals surface area contributed by atoms with Gasteiger partial charge in [0.2, 0.25) is 0 Å². The molecule has 112 valence electrons. The number of nitrogens with zero attached hydrogens (tertiary/aromatic N) is 1. The van der Waals surface area contributed by atoms with Gasteiger partial charge in [-0.2, -0.15) is 0 Å². The maximum atomic E-state index is 12.3. The minimum Gasteiger partial charge on any atom is -0.381 e. The molecule has 0 spiro atoms. The monoisotopic (exact) mass is 371 g/mol. The number of benzene rings is 1. The van der Waals surface area contributed by atoms with Crippen molar-refractivity contribution in [1.29, 1.82) is 0 Å². The summed E-state index contributed by atoms with van der Waals surface area (Å²) in [6.45, 7) is 1.88. The number of fused-ring (bicyclic) bond motifs is 1. The van der Waals surface area contributed by atoms with E-state index in [0.717, 1.165) is 18.2 Å². The van der Waals surface area contributed by atoms with E-state index in [9.17, 15) is 9.59 Å². The summed E-state index contributed by atoms with van der Waals surface area (Å²) in [6.07, 6.45) is 1.73. The van der Waals surface area contributed by atoms with E-state index in [2.05, 4.69) is 15.9 Å². The summed E-state index contributed by atoms with van der Waals surface area (Å²) in [5, 5.41) is 1.30. The van der Waals surface area contributed by atoms with Crippen LogP contribution in [0.25, 0.3) is 0 Å². The Morgan fingerprint density at radius 1 is 1.29 bits per heavy atom. The fourth-order valence-corrected chi connectivity index (χ4v) is 3.80. The summed E-state index contributed by atoms with van der Waals surface area (Å²) in [5.74, 6) is -0.905. The van der Waals surface area contributed by atoms with Crippen molar-refractivity contribution in [2.75, 3.05) is 30.0 Å². The molecule has 2 aliphatic rings. The summed E-state index contributed by atoms with van der Waals surface area (Å²) in [5.41, 5.74) is 1.02. The van der Waals surface area contributed by atoms with Crippen LogP contribution >= 0.6 is 27.5 Å². The second-order valence-corrected chi connectivity index (χ2v) is 6.63. The summed E-state index contributed by atoms with van der Waals surface area (Å²) >= 11 is 9.58. The number of ketones is 1. The molecule has 6 heteroatoms. The molecular weight excluding hydrogens is 358 g/mol. The van der Waals surface area contributed by atoms with E-state index in [-0.39, 0.29) is 5.41 Å². The van der Waals surface area contributed by atoms with Gasteiger partial charge in [0.25, 0.3) is 11.7 Å². The molecule has 1 aromatic carbocycles. The Bertz CT molecular complexity index is 599. The van der Waals surface area contributed by atoms with Gasteiger partial charge in [0.1, 0.15) is 0 Å². The Morgan fingerprint density at radius 3 is 2.67 bits per heavy atom. The smallest absolute Gasteiger partial charge is 0.299 e. The van der Waals surface area contributed by atoms with Gasteiger partial charge in [0.15, 0.2) is 0 Å². The van der Waals surface area contributed by atoms with Gasteiger partial charge in [-0.05, 0) is 31.0 Å². The lowest BCUT2D eigenvalue weighted by atomic mass is 9.82. The summed E-state index contributed by atoms with van der Waals surface area (Å²) in [6, 6.07) is 4.97. The van der Waals surface area contributed by atoms with E-state index >= 15 is 0 Å². The zero-order valence-electron chi connectivity index (χ0n) is 11.4. The van der Waals surface area contributed by atoms with Crippen molar-refractivity contribution in [2.24, 2.45) is 5.41 Å². The molecule has 4 nitrogen and oxygen atoms in total. The summed E-state index contributed by atoms with van der Waals surface area (Å²) in [4.78, 5) is 26.0. The molecule has 0 N–H and O–H groups in total. The highest BCUT2D eigenvalue weighted by Gasteiger charge is 2.42. The lowest BCUT2D eigenvalue weighted by molar-refractivity contribution is -0.114. The number of halogens is 2. The first-order valence-electron chi connectivity index (χ1n) is 6.86. The van der Waals surface area contributed by atoms with Gasteiger partial charge in [0, 0.05) is 35.5 Å². The largest absolute Gasteiger partial charge is 0.381 e. The molecule has 1 saturated heterocycles. The molecule has 2 aliphatic heterocycles. The fourth-order valence-electron chi connectivity index (χ4n) is 2.90. The molecule has 2 heterocycles.